The van der Waals surface area contributed by atoms with Gasteiger partial charge in [0.25, 0.3) is 0 Å². The summed E-state index contributed by atoms with van der Waals surface area (Å²) in [7, 11) is 0. The molecule has 0 N–H and O–H groups in total. The Kier molecular flexibility index (Phi) is 15.3. The maximum atomic E-state index is 4.10. The summed E-state index contributed by atoms with van der Waals surface area (Å²) in [4.78, 5) is 4.98. The Hall–Kier alpha value is -11.3. The molecule has 0 heterocycles. The van der Waals surface area contributed by atoms with Crippen molar-refractivity contribution < 1.29 is 0 Å². The zero-order valence-electron chi connectivity index (χ0n) is 56.9. The van der Waals surface area contributed by atoms with Crippen LogP contribution in [0.25, 0.3) is 67.1 Å². The fourth-order valence-corrected chi connectivity index (χ4v) is 16.3. The number of hydrogen-bond donors (Lipinski definition) is 0. The minimum Gasteiger partial charge on any atom is -0.310 e. The molecule has 14 aromatic rings. The van der Waals surface area contributed by atoms with Crippen molar-refractivity contribution in [1.29, 1.82) is 0 Å². The van der Waals surface area contributed by atoms with E-state index in [-0.39, 0.29) is 10.8 Å². The molecule has 0 aromatic heterocycles. The summed E-state index contributed by atoms with van der Waals surface area (Å²) in [6.45, 7) is 22.0. The topological polar surface area (TPSA) is 6.48 Å². The lowest BCUT2D eigenvalue weighted by molar-refractivity contribution is 0.586. The molecule has 0 aliphatic heterocycles. The quantitative estimate of drug-likeness (QED) is 0.101. The van der Waals surface area contributed by atoms with Crippen molar-refractivity contribution >= 4 is 67.8 Å². The fraction of sp³-hybridized carbons (Fsp3) is 0.125. The molecular formula is C96H80N2. The molecule has 0 bridgehead atoms. The first-order valence-electron chi connectivity index (χ1n) is 34.6. The standard InChI is InChI=1S/C96H80N2/c1-9-65-37-41-67(42-38-65)63-95(71-49-45-69(46-50-71)93(3,4)5)87-35-23-21-31-81(87)83-55-53-75(61-89(83)95)97(73-25-13-11-14-26-73)91-59-57-79(77-29-17-19-33-85(77)91)80-58-60-92(86-34-20-18-30-78(80)86)98(74-27-15-12-16-28-74)76-54-56-84-82-32-22-24-36-88(82)96(90(84)62-76,64-68-43-39-66(10-2)40-44-68)72-51-47-70(48-52-72)94(6,7)8/h9-62H,1-2,63-64H2,3-8H3. The zero-order chi connectivity index (χ0) is 66.9. The van der Waals surface area contributed by atoms with Crippen LogP contribution in [0.3, 0.4) is 0 Å². The predicted octanol–water partition coefficient (Wildman–Crippen LogP) is 25.6. The second kappa shape index (κ2) is 24.4. The van der Waals surface area contributed by atoms with Crippen LogP contribution in [0.15, 0.2) is 329 Å². The molecule has 0 saturated carbocycles. The van der Waals surface area contributed by atoms with Crippen LogP contribution in [-0.2, 0) is 34.5 Å². The van der Waals surface area contributed by atoms with Crippen molar-refractivity contribution in [3.8, 4) is 33.4 Å². The monoisotopic (exact) mass is 1260 g/mol. The van der Waals surface area contributed by atoms with Gasteiger partial charge in [-0.3, -0.25) is 0 Å². The number of anilines is 6. The first-order valence-corrected chi connectivity index (χ1v) is 34.6. The van der Waals surface area contributed by atoms with Crippen molar-refractivity contribution in [3.63, 3.8) is 0 Å². The van der Waals surface area contributed by atoms with Gasteiger partial charge in [0.05, 0.1) is 22.2 Å². The van der Waals surface area contributed by atoms with Crippen LogP contribution in [0.1, 0.15) is 108 Å². The van der Waals surface area contributed by atoms with Crippen LogP contribution < -0.4 is 9.80 Å². The van der Waals surface area contributed by atoms with Gasteiger partial charge in [0, 0.05) is 33.5 Å². The van der Waals surface area contributed by atoms with Crippen molar-refractivity contribution in [2.75, 3.05) is 9.80 Å². The maximum Gasteiger partial charge on any atom is 0.0540 e. The van der Waals surface area contributed by atoms with Gasteiger partial charge < -0.3 is 9.80 Å². The molecule has 16 rings (SSSR count). The summed E-state index contributed by atoms with van der Waals surface area (Å²) in [5.41, 5.74) is 28.3. The summed E-state index contributed by atoms with van der Waals surface area (Å²) in [6, 6.07) is 119. The molecule has 0 amide bonds. The second-order valence-corrected chi connectivity index (χ2v) is 29.0. The van der Waals surface area contributed by atoms with Crippen molar-refractivity contribution in [3.05, 3.63) is 395 Å². The van der Waals surface area contributed by atoms with E-state index in [0.717, 1.165) is 68.9 Å². The van der Waals surface area contributed by atoms with Gasteiger partial charge in [-0.05, 0) is 195 Å². The summed E-state index contributed by atoms with van der Waals surface area (Å²) in [5, 5.41) is 4.68. The number of fused-ring (bicyclic) bond motifs is 8. The SMILES string of the molecule is C=Cc1ccc(CC2(c3ccc(C(C)(C)C)cc3)c3ccccc3-c3ccc(N(c4ccccc4)c4ccc(-c5ccc(N(c6ccccc6)c6ccc7c(c6)C(Cc6ccc(C=C)cc6)(c6ccc(C(C)(C)C)cc6)c6ccccc6-7)c6ccccc56)c5ccccc45)cc32)cc1. The Bertz CT molecular complexity index is 5020. The molecule has 2 aliphatic rings. The van der Waals surface area contributed by atoms with E-state index in [1.807, 2.05) is 12.2 Å². The molecule has 2 atom stereocenters. The molecular weight excluding hydrogens is 1180 g/mol. The normalized spacial score (nSPS) is 15.3. The average molecular weight is 1260 g/mol. The Balaban J connectivity index is 0.849. The summed E-state index contributed by atoms with van der Waals surface area (Å²) < 4.78 is 0. The molecule has 0 fully saturated rings. The van der Waals surface area contributed by atoms with Crippen molar-refractivity contribution in [1.82, 2.24) is 0 Å². The summed E-state index contributed by atoms with van der Waals surface area (Å²) >= 11 is 0. The lowest BCUT2D eigenvalue weighted by Gasteiger charge is -2.35. The Morgan fingerprint density at radius 1 is 0.286 bits per heavy atom. The second-order valence-electron chi connectivity index (χ2n) is 29.0. The van der Waals surface area contributed by atoms with Crippen molar-refractivity contribution in [2.24, 2.45) is 0 Å². The minimum absolute atomic E-state index is 0.00755. The van der Waals surface area contributed by atoms with E-state index >= 15 is 0 Å². The van der Waals surface area contributed by atoms with Gasteiger partial charge in [0.1, 0.15) is 0 Å². The largest absolute Gasteiger partial charge is 0.310 e. The van der Waals surface area contributed by atoms with Crippen LogP contribution in [-0.4, -0.2) is 0 Å². The molecule has 0 spiro atoms. The molecule has 14 aromatic carbocycles. The van der Waals surface area contributed by atoms with Crippen LogP contribution >= 0.6 is 0 Å². The highest BCUT2D eigenvalue weighted by molar-refractivity contribution is 6.13. The minimum atomic E-state index is -0.500. The molecule has 474 valence electrons. The van der Waals surface area contributed by atoms with E-state index in [0.29, 0.717) is 0 Å². The molecule has 2 aliphatic carbocycles. The molecule has 0 saturated heterocycles. The third-order valence-corrected chi connectivity index (χ3v) is 21.3. The van der Waals surface area contributed by atoms with Crippen LogP contribution in [0.2, 0.25) is 0 Å². The number of benzene rings is 14. The number of hydrogen-bond acceptors (Lipinski definition) is 2. The van der Waals surface area contributed by atoms with Gasteiger partial charge in [-0.15, -0.1) is 0 Å². The highest BCUT2D eigenvalue weighted by Crippen LogP contribution is 2.59. The van der Waals surface area contributed by atoms with E-state index in [2.05, 4.69) is 380 Å². The van der Waals surface area contributed by atoms with E-state index < -0.39 is 10.8 Å². The summed E-state index contributed by atoms with van der Waals surface area (Å²) in [6.07, 6.45) is 5.44. The Labute approximate surface area is 578 Å². The average Bonchev–Trinajstić information content (AvgIpc) is 1.56. The van der Waals surface area contributed by atoms with Gasteiger partial charge in [-0.2, -0.15) is 0 Å². The lowest BCUT2D eigenvalue weighted by Crippen LogP contribution is -2.30. The Morgan fingerprint density at radius 3 is 0.980 bits per heavy atom. The van der Waals surface area contributed by atoms with E-state index in [4.69, 9.17) is 0 Å². The summed E-state index contributed by atoms with van der Waals surface area (Å²) in [5.74, 6) is 0. The van der Waals surface area contributed by atoms with E-state index in [1.165, 1.54) is 99.8 Å². The molecule has 98 heavy (non-hydrogen) atoms. The lowest BCUT2D eigenvalue weighted by atomic mass is 9.68. The predicted molar refractivity (Wildman–Crippen MR) is 418 cm³/mol. The smallest absolute Gasteiger partial charge is 0.0540 e. The highest BCUT2D eigenvalue weighted by atomic mass is 15.1. The highest BCUT2D eigenvalue weighted by Gasteiger charge is 2.47. The van der Waals surface area contributed by atoms with Gasteiger partial charge in [0.2, 0.25) is 0 Å². The van der Waals surface area contributed by atoms with E-state index in [1.54, 1.807) is 0 Å². The Morgan fingerprint density at radius 2 is 0.612 bits per heavy atom. The van der Waals surface area contributed by atoms with Gasteiger partial charge in [-0.25, -0.2) is 0 Å². The van der Waals surface area contributed by atoms with E-state index in [9.17, 15) is 0 Å². The first kappa shape index (κ1) is 61.5. The van der Waals surface area contributed by atoms with Crippen LogP contribution in [0.4, 0.5) is 34.1 Å². The van der Waals surface area contributed by atoms with Gasteiger partial charge in [0.15, 0.2) is 0 Å². The van der Waals surface area contributed by atoms with Gasteiger partial charge in [-0.1, -0.05) is 322 Å². The number of nitrogens with zero attached hydrogens (tertiary/aromatic N) is 2. The zero-order valence-corrected chi connectivity index (χ0v) is 56.9. The molecule has 2 heteroatoms. The fourth-order valence-electron chi connectivity index (χ4n) is 16.3. The number of rotatable bonds is 15. The molecule has 2 nitrogen and oxygen atoms in total. The van der Waals surface area contributed by atoms with Crippen molar-refractivity contribution in [2.45, 2.75) is 76.0 Å². The first-order chi connectivity index (χ1) is 47.7. The number of para-hydroxylation sites is 2. The maximum absolute atomic E-state index is 4.10. The van der Waals surface area contributed by atoms with Crippen LogP contribution in [0, 0.1) is 0 Å². The molecule has 2 unspecified atom stereocenters. The molecule has 0 radical (unpaired) electrons. The van der Waals surface area contributed by atoms with Crippen LogP contribution in [0.5, 0.6) is 0 Å². The third kappa shape index (κ3) is 10.4. The van der Waals surface area contributed by atoms with Gasteiger partial charge >= 0.3 is 0 Å². The third-order valence-electron chi connectivity index (χ3n) is 21.3.